The summed E-state index contributed by atoms with van der Waals surface area (Å²) in [6.45, 7) is 2.32. The van der Waals surface area contributed by atoms with Gasteiger partial charge in [-0.25, -0.2) is 0 Å². The van der Waals surface area contributed by atoms with Gasteiger partial charge in [-0.15, -0.1) is 0 Å². The van der Waals surface area contributed by atoms with E-state index in [2.05, 4.69) is 5.32 Å². The molecule has 0 fully saturated rings. The van der Waals surface area contributed by atoms with E-state index in [1.807, 2.05) is 29.5 Å². The Hall–Kier alpha value is -0.700. The Balaban J connectivity index is 2.70. The number of rotatable bonds is 6. The molecule has 1 atom stereocenters. The van der Waals surface area contributed by atoms with Gasteiger partial charge in [-0.05, 0) is 34.7 Å². The van der Waals surface area contributed by atoms with E-state index in [1.165, 1.54) is 6.07 Å². The van der Waals surface area contributed by atoms with Gasteiger partial charge in [0.2, 0.25) is 0 Å². The summed E-state index contributed by atoms with van der Waals surface area (Å²) >= 11 is 2.03. The average molecular weight is 368 g/mol. The first-order valence-corrected chi connectivity index (χ1v) is 7.64. The minimum atomic E-state index is -0.856. The number of nitrogens with one attached hydrogen (secondary N) is 1. The second-order valence-electron chi connectivity index (χ2n) is 3.28. The summed E-state index contributed by atoms with van der Waals surface area (Å²) in [5, 5.41) is 13.8. The quantitative estimate of drug-likeness (QED) is 0.476. The maximum Gasteiger partial charge on any atom is 0.293 e. The molecule has 1 aromatic carbocycles. The molecule has 0 aliphatic heterocycles. The number of nitro groups is 1. The molecule has 0 spiro atoms. The van der Waals surface area contributed by atoms with Gasteiger partial charge in [0.25, 0.3) is 5.69 Å². The first-order valence-electron chi connectivity index (χ1n) is 5.07. The molecule has 1 rings (SSSR count). The summed E-state index contributed by atoms with van der Waals surface area (Å²) in [6, 6.07) is 4.99. The molecular weight excluding hydrogens is 355 g/mol. The highest BCUT2D eigenvalue weighted by Crippen LogP contribution is 2.25. The molecule has 0 radical (unpaired) electrons. The zero-order valence-electron chi connectivity index (χ0n) is 9.31. The van der Waals surface area contributed by atoms with Crippen LogP contribution in [0, 0.1) is 13.7 Å². The molecule has 0 aliphatic rings. The molecule has 0 heterocycles. The van der Waals surface area contributed by atoms with Crippen molar-refractivity contribution in [3.63, 3.8) is 0 Å². The van der Waals surface area contributed by atoms with Crippen LogP contribution in [0.5, 0.6) is 0 Å². The van der Waals surface area contributed by atoms with E-state index < -0.39 is 15.7 Å². The summed E-state index contributed by atoms with van der Waals surface area (Å²) in [4.78, 5) is 10.4. The zero-order valence-corrected chi connectivity index (χ0v) is 12.3. The molecule has 1 aromatic rings. The van der Waals surface area contributed by atoms with E-state index in [-0.39, 0.29) is 5.69 Å². The van der Waals surface area contributed by atoms with Gasteiger partial charge in [-0.2, -0.15) is 0 Å². The third-order valence-electron chi connectivity index (χ3n) is 2.12. The van der Waals surface area contributed by atoms with Crippen LogP contribution in [0.25, 0.3) is 0 Å². The smallest absolute Gasteiger partial charge is 0.293 e. The van der Waals surface area contributed by atoms with Crippen molar-refractivity contribution < 1.29 is 9.13 Å². The minimum Gasteiger partial charge on any atom is -0.379 e. The third-order valence-corrected chi connectivity index (χ3v) is 4.10. The first kappa shape index (κ1) is 14.4. The Morgan fingerprint density at radius 3 is 2.82 bits per heavy atom. The second-order valence-corrected chi connectivity index (χ2v) is 6.39. The van der Waals surface area contributed by atoms with Crippen molar-refractivity contribution in [2.45, 2.75) is 6.92 Å². The summed E-state index contributed by atoms with van der Waals surface area (Å²) in [5.74, 6) is 1.11. The van der Waals surface area contributed by atoms with Crippen molar-refractivity contribution in [1.29, 1.82) is 0 Å². The molecule has 0 aromatic heterocycles. The zero-order chi connectivity index (χ0) is 12.8. The number of hydrogen-bond acceptors (Lipinski definition) is 4. The molecule has 0 saturated heterocycles. The second kappa shape index (κ2) is 6.90. The van der Waals surface area contributed by atoms with Crippen LogP contribution >= 0.6 is 22.6 Å². The predicted octanol–water partition coefficient (Wildman–Crippen LogP) is 2.38. The van der Waals surface area contributed by atoms with Crippen LogP contribution in [0.1, 0.15) is 6.92 Å². The molecule has 5 nitrogen and oxygen atoms in total. The van der Waals surface area contributed by atoms with E-state index in [0.717, 1.165) is 3.57 Å². The molecule has 1 unspecified atom stereocenters. The molecule has 0 amide bonds. The SMILES string of the molecule is CCS(=O)CCNc1ccc(I)cc1[N+](=O)[O-]. The molecule has 1 N–H and O–H groups in total. The summed E-state index contributed by atoms with van der Waals surface area (Å²) in [7, 11) is -0.856. The van der Waals surface area contributed by atoms with E-state index >= 15 is 0 Å². The topological polar surface area (TPSA) is 72.2 Å². The Kier molecular flexibility index (Phi) is 5.83. The van der Waals surface area contributed by atoms with Crippen LogP contribution in [0.15, 0.2) is 18.2 Å². The molecule has 7 heteroatoms. The Morgan fingerprint density at radius 1 is 1.53 bits per heavy atom. The lowest BCUT2D eigenvalue weighted by Gasteiger charge is -2.06. The normalized spacial score (nSPS) is 12.1. The highest BCUT2D eigenvalue weighted by molar-refractivity contribution is 14.1. The lowest BCUT2D eigenvalue weighted by Crippen LogP contribution is -2.12. The standard InChI is InChI=1S/C10H13IN2O3S/c1-2-17(16)6-5-12-9-4-3-8(11)7-10(9)13(14)15/h3-4,7,12H,2,5-6H2,1H3. The Morgan fingerprint density at radius 2 is 2.24 bits per heavy atom. The van der Waals surface area contributed by atoms with Crippen LogP contribution < -0.4 is 5.32 Å². The fraction of sp³-hybridized carbons (Fsp3) is 0.400. The van der Waals surface area contributed by atoms with E-state index in [0.29, 0.717) is 23.7 Å². The van der Waals surface area contributed by atoms with Crippen LogP contribution in [0.2, 0.25) is 0 Å². The fourth-order valence-corrected chi connectivity index (χ4v) is 2.34. The fourth-order valence-electron chi connectivity index (χ4n) is 1.25. The first-order chi connectivity index (χ1) is 8.04. The van der Waals surface area contributed by atoms with Gasteiger partial charge in [-0.3, -0.25) is 14.3 Å². The third kappa shape index (κ3) is 4.58. The lowest BCUT2D eigenvalue weighted by molar-refractivity contribution is -0.384. The van der Waals surface area contributed by atoms with Gasteiger partial charge in [0, 0.05) is 38.5 Å². The Bertz CT molecular complexity index is 440. The summed E-state index contributed by atoms with van der Waals surface area (Å²) < 4.78 is 12.0. The van der Waals surface area contributed by atoms with Crippen molar-refractivity contribution in [3.8, 4) is 0 Å². The van der Waals surface area contributed by atoms with Crippen molar-refractivity contribution >= 4 is 44.8 Å². The summed E-state index contributed by atoms with van der Waals surface area (Å²) in [6.07, 6.45) is 0. The lowest BCUT2D eigenvalue weighted by atomic mass is 10.2. The molecule has 0 saturated carbocycles. The Labute approximate surface area is 116 Å². The van der Waals surface area contributed by atoms with E-state index in [4.69, 9.17) is 0 Å². The molecule has 94 valence electrons. The minimum absolute atomic E-state index is 0.0548. The largest absolute Gasteiger partial charge is 0.379 e. The van der Waals surface area contributed by atoms with Gasteiger partial charge in [0.05, 0.1) is 4.92 Å². The van der Waals surface area contributed by atoms with Crippen molar-refractivity contribution in [1.82, 2.24) is 0 Å². The van der Waals surface area contributed by atoms with Gasteiger partial charge < -0.3 is 5.32 Å². The number of nitrogens with zero attached hydrogens (tertiary/aromatic N) is 1. The van der Waals surface area contributed by atoms with Crippen molar-refractivity contribution in [2.24, 2.45) is 0 Å². The van der Waals surface area contributed by atoms with Crippen LogP contribution in [-0.4, -0.2) is 27.2 Å². The predicted molar refractivity (Wildman–Crippen MR) is 77.9 cm³/mol. The summed E-state index contributed by atoms with van der Waals surface area (Å²) in [5.41, 5.74) is 0.530. The number of anilines is 1. The van der Waals surface area contributed by atoms with Crippen molar-refractivity contribution in [2.75, 3.05) is 23.4 Å². The van der Waals surface area contributed by atoms with Gasteiger partial charge >= 0.3 is 0 Å². The van der Waals surface area contributed by atoms with Crippen LogP contribution in [0.4, 0.5) is 11.4 Å². The highest BCUT2D eigenvalue weighted by atomic mass is 127. The number of benzene rings is 1. The number of halogens is 1. The molecule has 0 aliphatic carbocycles. The highest BCUT2D eigenvalue weighted by Gasteiger charge is 2.13. The van der Waals surface area contributed by atoms with Gasteiger partial charge in [-0.1, -0.05) is 6.92 Å². The average Bonchev–Trinajstić information content (AvgIpc) is 2.30. The molecule has 17 heavy (non-hydrogen) atoms. The van der Waals surface area contributed by atoms with Crippen LogP contribution in [-0.2, 0) is 10.8 Å². The van der Waals surface area contributed by atoms with Crippen LogP contribution in [0.3, 0.4) is 0 Å². The number of nitro benzene ring substituents is 1. The van der Waals surface area contributed by atoms with Gasteiger partial charge in [0.1, 0.15) is 5.69 Å². The molecule has 0 bridgehead atoms. The van der Waals surface area contributed by atoms with E-state index in [9.17, 15) is 14.3 Å². The number of hydrogen-bond donors (Lipinski definition) is 1. The van der Waals surface area contributed by atoms with Gasteiger partial charge in [0.15, 0.2) is 0 Å². The maximum atomic E-state index is 11.2. The maximum absolute atomic E-state index is 11.2. The molecular formula is C10H13IN2O3S. The van der Waals surface area contributed by atoms with Crippen molar-refractivity contribution in [3.05, 3.63) is 31.9 Å². The monoisotopic (exact) mass is 368 g/mol. The van der Waals surface area contributed by atoms with E-state index in [1.54, 1.807) is 12.1 Å².